The van der Waals surface area contributed by atoms with Crippen molar-refractivity contribution >= 4 is 11.3 Å². The van der Waals surface area contributed by atoms with Crippen molar-refractivity contribution in [2.24, 2.45) is 11.3 Å². The summed E-state index contributed by atoms with van der Waals surface area (Å²) in [5, 5.41) is 8.02. The van der Waals surface area contributed by atoms with Crippen molar-refractivity contribution < 1.29 is 0 Å². The van der Waals surface area contributed by atoms with Crippen molar-refractivity contribution in [3.05, 3.63) is 22.4 Å². The summed E-state index contributed by atoms with van der Waals surface area (Å²) in [4.78, 5) is 2.45. The second-order valence-corrected chi connectivity index (χ2v) is 7.27. The summed E-state index contributed by atoms with van der Waals surface area (Å²) in [5.74, 6) is 0.727. The van der Waals surface area contributed by atoms with Gasteiger partial charge < -0.3 is 10.2 Å². The lowest BCUT2D eigenvalue weighted by Crippen LogP contribution is -2.41. The van der Waals surface area contributed by atoms with Gasteiger partial charge in [0, 0.05) is 19.6 Å². The first-order chi connectivity index (χ1) is 8.95. The predicted molar refractivity (Wildman–Crippen MR) is 86.8 cm³/mol. The molecule has 110 valence electrons. The highest BCUT2D eigenvalue weighted by Gasteiger charge is 2.23. The van der Waals surface area contributed by atoms with E-state index >= 15 is 0 Å². The molecule has 0 fully saturated rings. The van der Waals surface area contributed by atoms with Gasteiger partial charge in [0.15, 0.2) is 0 Å². The standard InChI is InChI=1S/C16H30N2S/c1-6-16(4,12-17-9-14(2)3)13-18(5)10-15-7-8-19-11-15/h7-8,11,14,17H,6,9-10,12-13H2,1-5H3. The largest absolute Gasteiger partial charge is 0.316 e. The molecule has 3 heteroatoms. The fourth-order valence-corrected chi connectivity index (χ4v) is 3.02. The Labute approximate surface area is 123 Å². The Morgan fingerprint density at radius 2 is 2.16 bits per heavy atom. The molecule has 0 radical (unpaired) electrons. The number of rotatable bonds is 9. The molecule has 0 aliphatic heterocycles. The molecule has 1 atom stereocenters. The van der Waals surface area contributed by atoms with Crippen LogP contribution in [0.5, 0.6) is 0 Å². The predicted octanol–water partition coefficient (Wildman–Crippen LogP) is 3.84. The molecule has 0 aliphatic rings. The molecule has 0 aliphatic carbocycles. The Morgan fingerprint density at radius 1 is 1.42 bits per heavy atom. The summed E-state index contributed by atoms with van der Waals surface area (Å²) < 4.78 is 0. The normalized spacial score (nSPS) is 15.1. The molecular weight excluding hydrogens is 252 g/mol. The van der Waals surface area contributed by atoms with E-state index < -0.39 is 0 Å². The van der Waals surface area contributed by atoms with Gasteiger partial charge in [-0.15, -0.1) is 0 Å². The van der Waals surface area contributed by atoms with Gasteiger partial charge in [-0.25, -0.2) is 0 Å². The number of thiophene rings is 1. The Hall–Kier alpha value is -0.380. The van der Waals surface area contributed by atoms with Crippen LogP contribution in [0, 0.1) is 11.3 Å². The lowest BCUT2D eigenvalue weighted by molar-refractivity contribution is 0.174. The summed E-state index contributed by atoms with van der Waals surface area (Å²) in [7, 11) is 2.23. The fraction of sp³-hybridized carbons (Fsp3) is 0.750. The van der Waals surface area contributed by atoms with Gasteiger partial charge in [-0.2, -0.15) is 11.3 Å². The van der Waals surface area contributed by atoms with Crippen LogP contribution in [0.2, 0.25) is 0 Å². The van der Waals surface area contributed by atoms with E-state index in [2.05, 4.69) is 61.8 Å². The Kier molecular flexibility index (Phi) is 7.05. The van der Waals surface area contributed by atoms with Crippen LogP contribution in [0.1, 0.15) is 39.7 Å². The smallest absolute Gasteiger partial charge is 0.0239 e. The van der Waals surface area contributed by atoms with Crippen molar-refractivity contribution in [3.63, 3.8) is 0 Å². The van der Waals surface area contributed by atoms with Gasteiger partial charge in [-0.3, -0.25) is 0 Å². The molecule has 0 bridgehead atoms. The van der Waals surface area contributed by atoms with E-state index in [9.17, 15) is 0 Å². The average Bonchev–Trinajstić information content (AvgIpc) is 2.81. The fourth-order valence-electron chi connectivity index (χ4n) is 2.36. The van der Waals surface area contributed by atoms with E-state index in [1.54, 1.807) is 11.3 Å². The SMILES string of the molecule is CCC(C)(CNCC(C)C)CN(C)Cc1ccsc1. The molecule has 0 amide bonds. The third-order valence-electron chi connectivity index (χ3n) is 3.64. The van der Waals surface area contributed by atoms with Gasteiger partial charge in [-0.05, 0) is 53.7 Å². The van der Waals surface area contributed by atoms with Crippen LogP contribution in [-0.4, -0.2) is 31.6 Å². The van der Waals surface area contributed by atoms with Gasteiger partial charge in [-0.1, -0.05) is 27.7 Å². The number of nitrogens with one attached hydrogen (secondary N) is 1. The lowest BCUT2D eigenvalue weighted by Gasteiger charge is -2.33. The average molecular weight is 282 g/mol. The summed E-state index contributed by atoms with van der Waals surface area (Å²) in [6.45, 7) is 13.6. The van der Waals surface area contributed by atoms with Crippen molar-refractivity contribution in [2.45, 2.75) is 40.7 Å². The molecule has 0 spiro atoms. The first kappa shape index (κ1) is 16.7. The zero-order valence-corrected chi connectivity index (χ0v) is 14.0. The van der Waals surface area contributed by atoms with E-state index in [1.807, 2.05) is 0 Å². The molecule has 1 aromatic heterocycles. The number of hydrogen-bond acceptors (Lipinski definition) is 3. The Bertz CT molecular complexity index is 335. The van der Waals surface area contributed by atoms with Gasteiger partial charge in [0.05, 0.1) is 0 Å². The van der Waals surface area contributed by atoms with Crippen LogP contribution >= 0.6 is 11.3 Å². The van der Waals surface area contributed by atoms with Crippen LogP contribution in [-0.2, 0) is 6.54 Å². The third kappa shape index (κ3) is 6.55. The summed E-state index contributed by atoms with van der Waals surface area (Å²) >= 11 is 1.78. The number of nitrogens with zero attached hydrogens (tertiary/aromatic N) is 1. The summed E-state index contributed by atoms with van der Waals surface area (Å²) in [5.41, 5.74) is 1.79. The lowest BCUT2D eigenvalue weighted by atomic mass is 9.86. The molecule has 0 aromatic carbocycles. The van der Waals surface area contributed by atoms with E-state index in [0.717, 1.165) is 32.1 Å². The minimum absolute atomic E-state index is 0.361. The van der Waals surface area contributed by atoms with Gasteiger partial charge in [0.25, 0.3) is 0 Å². The molecular formula is C16H30N2S. The Balaban J connectivity index is 2.40. The van der Waals surface area contributed by atoms with Crippen molar-refractivity contribution in [1.82, 2.24) is 10.2 Å². The highest BCUT2D eigenvalue weighted by Crippen LogP contribution is 2.22. The first-order valence-electron chi connectivity index (χ1n) is 7.35. The zero-order chi connectivity index (χ0) is 14.3. The Morgan fingerprint density at radius 3 is 2.68 bits per heavy atom. The first-order valence-corrected chi connectivity index (χ1v) is 8.30. The molecule has 1 unspecified atom stereocenters. The maximum Gasteiger partial charge on any atom is 0.0239 e. The highest BCUT2D eigenvalue weighted by molar-refractivity contribution is 7.07. The van der Waals surface area contributed by atoms with E-state index in [1.165, 1.54) is 12.0 Å². The molecule has 2 nitrogen and oxygen atoms in total. The zero-order valence-electron chi connectivity index (χ0n) is 13.2. The van der Waals surface area contributed by atoms with Crippen molar-refractivity contribution in [3.8, 4) is 0 Å². The van der Waals surface area contributed by atoms with Crippen molar-refractivity contribution in [1.29, 1.82) is 0 Å². The second-order valence-electron chi connectivity index (χ2n) is 6.49. The monoisotopic (exact) mass is 282 g/mol. The summed E-state index contributed by atoms with van der Waals surface area (Å²) in [6, 6.07) is 2.22. The van der Waals surface area contributed by atoms with Gasteiger partial charge >= 0.3 is 0 Å². The summed E-state index contributed by atoms with van der Waals surface area (Å²) in [6.07, 6.45) is 1.21. The highest BCUT2D eigenvalue weighted by atomic mass is 32.1. The van der Waals surface area contributed by atoms with Gasteiger partial charge in [0.1, 0.15) is 0 Å². The van der Waals surface area contributed by atoms with E-state index in [-0.39, 0.29) is 0 Å². The molecule has 1 rings (SSSR count). The molecule has 1 aromatic rings. The van der Waals surface area contributed by atoms with Crippen LogP contribution in [0.3, 0.4) is 0 Å². The third-order valence-corrected chi connectivity index (χ3v) is 4.37. The van der Waals surface area contributed by atoms with Crippen LogP contribution in [0.25, 0.3) is 0 Å². The van der Waals surface area contributed by atoms with E-state index in [4.69, 9.17) is 0 Å². The minimum atomic E-state index is 0.361. The topological polar surface area (TPSA) is 15.3 Å². The molecule has 1 heterocycles. The second kappa shape index (κ2) is 8.03. The van der Waals surface area contributed by atoms with E-state index in [0.29, 0.717) is 5.41 Å². The molecule has 0 saturated heterocycles. The van der Waals surface area contributed by atoms with Crippen LogP contribution < -0.4 is 5.32 Å². The number of hydrogen-bond donors (Lipinski definition) is 1. The maximum atomic E-state index is 3.62. The molecule has 1 N–H and O–H groups in total. The molecule has 0 saturated carbocycles. The minimum Gasteiger partial charge on any atom is -0.316 e. The van der Waals surface area contributed by atoms with Gasteiger partial charge in [0.2, 0.25) is 0 Å². The van der Waals surface area contributed by atoms with Crippen LogP contribution in [0.4, 0.5) is 0 Å². The maximum absolute atomic E-state index is 3.62. The quantitative estimate of drug-likeness (QED) is 0.740. The van der Waals surface area contributed by atoms with Crippen LogP contribution in [0.15, 0.2) is 16.8 Å². The molecule has 19 heavy (non-hydrogen) atoms. The van der Waals surface area contributed by atoms with Crippen molar-refractivity contribution in [2.75, 3.05) is 26.7 Å².